The molecule has 0 amide bonds. The topological polar surface area (TPSA) is 55.0 Å². The number of nitrogens with one attached hydrogen (secondary N) is 1. The van der Waals surface area contributed by atoms with Gasteiger partial charge in [-0.15, -0.1) is 0 Å². The minimum absolute atomic E-state index is 0.340. The Balaban J connectivity index is 2.29. The molecule has 0 aliphatic heterocycles. The van der Waals surface area contributed by atoms with Gasteiger partial charge in [-0.2, -0.15) is 5.10 Å². The molecule has 0 spiro atoms. The molecule has 2 rings (SSSR count). The van der Waals surface area contributed by atoms with E-state index in [9.17, 15) is 4.79 Å². The molecule has 1 aromatic heterocycles. The Hall–Kier alpha value is -2.36. The Kier molecular flexibility index (Phi) is 3.35. The van der Waals surface area contributed by atoms with Crippen LogP contribution < -0.4 is 0 Å². The zero-order valence-corrected chi connectivity index (χ0v) is 9.38. The normalized spacial score (nSPS) is 10.6. The molecule has 1 heterocycles. The number of ether oxygens (including phenoxy) is 1. The molecule has 0 bridgehead atoms. The zero-order chi connectivity index (χ0) is 12.1. The lowest BCUT2D eigenvalue weighted by molar-refractivity contribution is 0.0600. The molecule has 0 aliphatic carbocycles. The molecule has 0 radical (unpaired) electrons. The summed E-state index contributed by atoms with van der Waals surface area (Å²) in [6.45, 7) is 0. The second kappa shape index (κ2) is 5.12. The quantitative estimate of drug-likeness (QED) is 0.820. The van der Waals surface area contributed by atoms with Gasteiger partial charge in [-0.3, -0.25) is 5.10 Å². The highest BCUT2D eigenvalue weighted by Gasteiger charge is 2.08. The monoisotopic (exact) mass is 228 g/mol. The number of benzene rings is 1. The SMILES string of the molecule is COC(=O)c1ccccc1/C=C/c1cc[nH]n1. The summed E-state index contributed by atoms with van der Waals surface area (Å²) in [6, 6.07) is 9.11. The second-order valence-electron chi connectivity index (χ2n) is 3.41. The average Bonchev–Trinajstić information content (AvgIpc) is 2.89. The molecule has 0 saturated carbocycles. The zero-order valence-electron chi connectivity index (χ0n) is 9.38. The molecule has 1 N–H and O–H groups in total. The number of carbonyl (C=O) groups excluding carboxylic acids is 1. The lowest BCUT2D eigenvalue weighted by atomic mass is 10.1. The number of hydrogen-bond acceptors (Lipinski definition) is 3. The van der Waals surface area contributed by atoms with Gasteiger partial charge in [0.1, 0.15) is 0 Å². The number of aromatic amines is 1. The van der Waals surface area contributed by atoms with Crippen LogP contribution >= 0.6 is 0 Å². The molecule has 0 unspecified atom stereocenters. The van der Waals surface area contributed by atoms with Crippen molar-refractivity contribution in [1.82, 2.24) is 10.2 Å². The predicted molar refractivity (Wildman–Crippen MR) is 65.3 cm³/mol. The van der Waals surface area contributed by atoms with Gasteiger partial charge in [0.05, 0.1) is 18.4 Å². The van der Waals surface area contributed by atoms with Crippen LogP contribution in [0.25, 0.3) is 12.2 Å². The summed E-state index contributed by atoms with van der Waals surface area (Å²) in [6.07, 6.45) is 5.41. The highest BCUT2D eigenvalue weighted by atomic mass is 16.5. The van der Waals surface area contributed by atoms with Crippen molar-refractivity contribution in [2.45, 2.75) is 0 Å². The summed E-state index contributed by atoms with van der Waals surface area (Å²) in [5.74, 6) is -0.340. The summed E-state index contributed by atoms with van der Waals surface area (Å²) in [5.41, 5.74) is 2.16. The minimum atomic E-state index is -0.340. The van der Waals surface area contributed by atoms with Crippen molar-refractivity contribution in [3.05, 3.63) is 53.3 Å². The number of nitrogens with zero attached hydrogens (tertiary/aromatic N) is 1. The largest absolute Gasteiger partial charge is 0.465 e. The summed E-state index contributed by atoms with van der Waals surface area (Å²) < 4.78 is 4.72. The van der Waals surface area contributed by atoms with E-state index in [0.29, 0.717) is 5.56 Å². The molecule has 0 saturated heterocycles. The van der Waals surface area contributed by atoms with Gasteiger partial charge in [-0.05, 0) is 23.8 Å². The molecule has 1 aromatic carbocycles. The predicted octanol–water partition coefficient (Wildman–Crippen LogP) is 2.37. The van der Waals surface area contributed by atoms with E-state index in [1.807, 2.05) is 30.4 Å². The fraction of sp³-hybridized carbons (Fsp3) is 0.0769. The molecule has 0 aliphatic rings. The Morgan fingerprint density at radius 2 is 2.12 bits per heavy atom. The van der Waals surface area contributed by atoms with E-state index in [2.05, 4.69) is 10.2 Å². The van der Waals surface area contributed by atoms with E-state index in [-0.39, 0.29) is 5.97 Å². The molecular formula is C13H12N2O2. The van der Waals surface area contributed by atoms with Crippen molar-refractivity contribution >= 4 is 18.1 Å². The van der Waals surface area contributed by atoms with Crippen LogP contribution in [0, 0.1) is 0 Å². The number of carbonyl (C=O) groups is 1. The second-order valence-corrected chi connectivity index (χ2v) is 3.41. The van der Waals surface area contributed by atoms with E-state index in [0.717, 1.165) is 11.3 Å². The number of methoxy groups -OCH3 is 1. The van der Waals surface area contributed by atoms with Crippen LogP contribution in [0.4, 0.5) is 0 Å². The maximum Gasteiger partial charge on any atom is 0.338 e. The highest BCUT2D eigenvalue weighted by molar-refractivity contribution is 5.94. The first-order valence-electron chi connectivity index (χ1n) is 5.16. The van der Waals surface area contributed by atoms with E-state index in [1.54, 1.807) is 18.3 Å². The Morgan fingerprint density at radius 1 is 1.29 bits per heavy atom. The highest BCUT2D eigenvalue weighted by Crippen LogP contribution is 2.13. The van der Waals surface area contributed by atoms with Crippen molar-refractivity contribution in [2.24, 2.45) is 0 Å². The first kappa shape index (κ1) is 11.1. The van der Waals surface area contributed by atoms with Crippen molar-refractivity contribution in [3.63, 3.8) is 0 Å². The first-order valence-corrected chi connectivity index (χ1v) is 5.16. The number of rotatable bonds is 3. The van der Waals surface area contributed by atoms with Crippen LogP contribution in [-0.2, 0) is 4.74 Å². The van der Waals surface area contributed by atoms with Gasteiger partial charge in [-0.25, -0.2) is 4.79 Å². The number of esters is 1. The molecular weight excluding hydrogens is 216 g/mol. The number of hydrogen-bond donors (Lipinski definition) is 1. The van der Waals surface area contributed by atoms with Crippen molar-refractivity contribution in [2.75, 3.05) is 7.11 Å². The third kappa shape index (κ3) is 2.60. The smallest absolute Gasteiger partial charge is 0.338 e. The van der Waals surface area contributed by atoms with Crippen LogP contribution in [-0.4, -0.2) is 23.3 Å². The van der Waals surface area contributed by atoms with Gasteiger partial charge in [0.2, 0.25) is 0 Å². The van der Waals surface area contributed by atoms with Gasteiger partial charge < -0.3 is 4.74 Å². The Morgan fingerprint density at radius 3 is 2.82 bits per heavy atom. The molecule has 2 aromatic rings. The van der Waals surface area contributed by atoms with Crippen LogP contribution in [0.2, 0.25) is 0 Å². The van der Waals surface area contributed by atoms with E-state index in [1.165, 1.54) is 7.11 Å². The molecule has 4 heteroatoms. The van der Waals surface area contributed by atoms with Crippen LogP contribution in [0.5, 0.6) is 0 Å². The fourth-order valence-electron chi connectivity index (χ4n) is 1.48. The van der Waals surface area contributed by atoms with Gasteiger partial charge in [-0.1, -0.05) is 24.3 Å². The standard InChI is InChI=1S/C13H12N2O2/c1-17-13(16)12-5-3-2-4-10(12)6-7-11-8-9-14-15-11/h2-9H,1H3,(H,14,15)/b7-6+. The third-order valence-corrected chi connectivity index (χ3v) is 2.32. The average molecular weight is 228 g/mol. The van der Waals surface area contributed by atoms with Crippen LogP contribution in [0.1, 0.15) is 21.6 Å². The molecule has 17 heavy (non-hydrogen) atoms. The molecule has 4 nitrogen and oxygen atoms in total. The Labute approximate surface area is 98.9 Å². The van der Waals surface area contributed by atoms with Crippen molar-refractivity contribution in [3.8, 4) is 0 Å². The van der Waals surface area contributed by atoms with E-state index >= 15 is 0 Å². The van der Waals surface area contributed by atoms with Crippen molar-refractivity contribution < 1.29 is 9.53 Å². The maximum absolute atomic E-state index is 11.5. The molecule has 86 valence electrons. The van der Waals surface area contributed by atoms with Gasteiger partial charge in [0.15, 0.2) is 0 Å². The van der Waals surface area contributed by atoms with Gasteiger partial charge in [0.25, 0.3) is 0 Å². The lowest BCUT2D eigenvalue weighted by Gasteiger charge is -2.02. The summed E-state index contributed by atoms with van der Waals surface area (Å²) >= 11 is 0. The third-order valence-electron chi connectivity index (χ3n) is 2.32. The summed E-state index contributed by atoms with van der Waals surface area (Å²) in [5, 5.41) is 6.72. The van der Waals surface area contributed by atoms with Crippen molar-refractivity contribution in [1.29, 1.82) is 0 Å². The minimum Gasteiger partial charge on any atom is -0.465 e. The van der Waals surface area contributed by atoms with Gasteiger partial charge >= 0.3 is 5.97 Å². The van der Waals surface area contributed by atoms with Crippen LogP contribution in [0.3, 0.4) is 0 Å². The lowest BCUT2D eigenvalue weighted by Crippen LogP contribution is -2.02. The molecule has 0 atom stereocenters. The van der Waals surface area contributed by atoms with Gasteiger partial charge in [0, 0.05) is 6.20 Å². The molecule has 0 fully saturated rings. The summed E-state index contributed by atoms with van der Waals surface area (Å²) in [4.78, 5) is 11.5. The summed E-state index contributed by atoms with van der Waals surface area (Å²) in [7, 11) is 1.37. The maximum atomic E-state index is 11.5. The number of H-pyrrole nitrogens is 1. The first-order chi connectivity index (χ1) is 8.31. The fourth-order valence-corrected chi connectivity index (χ4v) is 1.48. The number of aromatic nitrogens is 2. The van der Waals surface area contributed by atoms with Crippen LogP contribution in [0.15, 0.2) is 36.5 Å². The Bertz CT molecular complexity index is 530. The van der Waals surface area contributed by atoms with E-state index < -0.39 is 0 Å². The van der Waals surface area contributed by atoms with E-state index in [4.69, 9.17) is 4.74 Å².